The van der Waals surface area contributed by atoms with Gasteiger partial charge in [-0.2, -0.15) is 0 Å². The molecule has 3 nitrogen and oxygen atoms in total. The number of phenols is 1. The van der Waals surface area contributed by atoms with Crippen LogP contribution in [-0.4, -0.2) is 11.1 Å². The molecule has 1 unspecified atom stereocenters. The second kappa shape index (κ2) is 5.90. The third-order valence-corrected chi connectivity index (χ3v) is 3.72. The molecule has 3 aromatic carbocycles. The molecule has 0 aliphatic carbocycles. The summed E-state index contributed by atoms with van der Waals surface area (Å²) < 4.78 is 5.55. The molecule has 0 aliphatic rings. The minimum atomic E-state index is -0.353. The van der Waals surface area contributed by atoms with E-state index in [9.17, 15) is 9.90 Å². The smallest absolute Gasteiger partial charge is 0.318 e. The predicted molar refractivity (Wildman–Crippen MR) is 86.1 cm³/mol. The number of carbonyl (C=O) groups excluding carboxylic acids is 1. The van der Waals surface area contributed by atoms with E-state index in [0.717, 1.165) is 10.9 Å². The summed E-state index contributed by atoms with van der Waals surface area (Å²) in [5.74, 6) is -0.0384. The summed E-state index contributed by atoms with van der Waals surface area (Å²) in [6.07, 6.45) is 0. The highest BCUT2D eigenvalue weighted by atomic mass is 16.5. The maximum atomic E-state index is 12.4. The molecule has 3 heteroatoms. The van der Waals surface area contributed by atoms with E-state index in [4.69, 9.17) is 4.74 Å². The van der Waals surface area contributed by atoms with Crippen molar-refractivity contribution in [2.45, 2.75) is 12.8 Å². The Morgan fingerprint density at radius 1 is 0.909 bits per heavy atom. The van der Waals surface area contributed by atoms with Crippen LogP contribution < -0.4 is 4.74 Å². The number of phenolic OH excluding ortho intramolecular Hbond substituents is 1. The molecule has 0 heterocycles. The monoisotopic (exact) mass is 292 g/mol. The summed E-state index contributed by atoms with van der Waals surface area (Å²) in [6, 6.07) is 20.0. The van der Waals surface area contributed by atoms with Crippen LogP contribution in [0.2, 0.25) is 0 Å². The van der Waals surface area contributed by atoms with E-state index < -0.39 is 0 Å². The van der Waals surface area contributed by atoms with Crippen molar-refractivity contribution in [3.63, 3.8) is 0 Å². The molecule has 0 amide bonds. The lowest BCUT2D eigenvalue weighted by molar-refractivity contribution is -0.135. The summed E-state index contributed by atoms with van der Waals surface area (Å²) in [5.41, 5.74) is 0.913. The molecule has 3 aromatic rings. The highest BCUT2D eigenvalue weighted by Crippen LogP contribution is 2.33. The van der Waals surface area contributed by atoms with Gasteiger partial charge in [0.1, 0.15) is 11.5 Å². The Morgan fingerprint density at radius 3 is 2.27 bits per heavy atom. The number of hydrogen-bond acceptors (Lipinski definition) is 3. The van der Waals surface area contributed by atoms with Gasteiger partial charge in [-0.25, -0.2) is 0 Å². The fourth-order valence-electron chi connectivity index (χ4n) is 2.42. The summed E-state index contributed by atoms with van der Waals surface area (Å²) in [6.45, 7) is 1.82. The fraction of sp³-hybridized carbons (Fsp3) is 0.105. The van der Waals surface area contributed by atoms with Crippen molar-refractivity contribution in [2.75, 3.05) is 0 Å². The van der Waals surface area contributed by atoms with Gasteiger partial charge in [0.15, 0.2) is 0 Å². The summed E-state index contributed by atoms with van der Waals surface area (Å²) >= 11 is 0. The minimum absolute atomic E-state index is 0.173. The lowest BCUT2D eigenvalue weighted by Crippen LogP contribution is -2.16. The molecule has 0 aromatic heterocycles. The average Bonchev–Trinajstić information content (AvgIpc) is 2.57. The first-order chi connectivity index (χ1) is 10.7. The molecular weight excluding hydrogens is 276 g/mol. The maximum Gasteiger partial charge on any atom is 0.318 e. The average molecular weight is 292 g/mol. The van der Waals surface area contributed by atoms with Crippen LogP contribution in [0.15, 0.2) is 66.7 Å². The van der Waals surface area contributed by atoms with Crippen LogP contribution in [0.5, 0.6) is 11.5 Å². The van der Waals surface area contributed by atoms with Crippen molar-refractivity contribution < 1.29 is 14.6 Å². The van der Waals surface area contributed by atoms with Crippen molar-refractivity contribution in [1.82, 2.24) is 0 Å². The number of carbonyl (C=O) groups is 1. The van der Waals surface area contributed by atoms with E-state index >= 15 is 0 Å². The standard InChI is InChI=1S/C19H16O3/c1-13(14-7-3-2-4-8-14)19(21)22-18-12-11-17(20)15-9-5-6-10-16(15)18/h2-13,20H,1H3. The molecule has 0 fully saturated rings. The summed E-state index contributed by atoms with van der Waals surface area (Å²) in [5, 5.41) is 11.3. The first-order valence-electron chi connectivity index (χ1n) is 7.14. The largest absolute Gasteiger partial charge is 0.507 e. The molecule has 0 spiro atoms. The number of esters is 1. The molecule has 22 heavy (non-hydrogen) atoms. The van der Waals surface area contributed by atoms with Crippen molar-refractivity contribution >= 4 is 16.7 Å². The van der Waals surface area contributed by atoms with E-state index in [2.05, 4.69) is 0 Å². The van der Waals surface area contributed by atoms with Gasteiger partial charge in [-0.15, -0.1) is 0 Å². The topological polar surface area (TPSA) is 46.5 Å². The van der Waals surface area contributed by atoms with Gasteiger partial charge in [0.25, 0.3) is 0 Å². The molecule has 110 valence electrons. The van der Waals surface area contributed by atoms with Gasteiger partial charge in [-0.1, -0.05) is 54.6 Å². The van der Waals surface area contributed by atoms with Gasteiger partial charge in [0.2, 0.25) is 0 Å². The van der Waals surface area contributed by atoms with E-state index in [1.54, 1.807) is 12.1 Å². The Bertz CT molecular complexity index is 809. The predicted octanol–water partition coefficient (Wildman–Crippen LogP) is 4.25. The summed E-state index contributed by atoms with van der Waals surface area (Å²) in [4.78, 5) is 12.4. The second-order valence-electron chi connectivity index (χ2n) is 5.18. The van der Waals surface area contributed by atoms with Crippen LogP contribution in [0.1, 0.15) is 18.4 Å². The molecule has 0 saturated heterocycles. The number of fused-ring (bicyclic) bond motifs is 1. The van der Waals surface area contributed by atoms with Gasteiger partial charge < -0.3 is 9.84 Å². The van der Waals surface area contributed by atoms with Crippen molar-refractivity contribution in [1.29, 1.82) is 0 Å². The number of aromatic hydroxyl groups is 1. The van der Waals surface area contributed by atoms with E-state index in [1.165, 1.54) is 6.07 Å². The molecule has 3 rings (SSSR count). The molecule has 0 radical (unpaired) electrons. The minimum Gasteiger partial charge on any atom is -0.507 e. The van der Waals surface area contributed by atoms with Gasteiger partial charge in [-0.05, 0) is 24.6 Å². The van der Waals surface area contributed by atoms with E-state index in [0.29, 0.717) is 11.1 Å². The van der Waals surface area contributed by atoms with Gasteiger partial charge in [0, 0.05) is 10.8 Å². The van der Waals surface area contributed by atoms with Crippen molar-refractivity contribution in [3.05, 3.63) is 72.3 Å². The molecule has 0 saturated carbocycles. The molecule has 1 atom stereocenters. The SMILES string of the molecule is CC(C(=O)Oc1ccc(O)c2ccccc12)c1ccccc1. The van der Waals surface area contributed by atoms with Crippen LogP contribution in [0, 0.1) is 0 Å². The Kier molecular flexibility index (Phi) is 3.79. The van der Waals surface area contributed by atoms with Crippen LogP contribution in [-0.2, 0) is 4.79 Å². The third kappa shape index (κ3) is 2.66. The summed E-state index contributed by atoms with van der Waals surface area (Å²) in [7, 11) is 0. The Labute approximate surface area is 128 Å². The van der Waals surface area contributed by atoms with E-state index in [1.807, 2.05) is 55.5 Å². The van der Waals surface area contributed by atoms with Crippen molar-refractivity contribution in [3.8, 4) is 11.5 Å². The van der Waals surface area contributed by atoms with Crippen LogP contribution >= 0.6 is 0 Å². The number of benzene rings is 3. The Morgan fingerprint density at radius 2 is 1.55 bits per heavy atom. The van der Waals surface area contributed by atoms with Crippen LogP contribution in [0.4, 0.5) is 0 Å². The molecule has 0 aliphatic heterocycles. The zero-order valence-corrected chi connectivity index (χ0v) is 12.2. The Hall–Kier alpha value is -2.81. The number of ether oxygens (including phenoxy) is 1. The first-order valence-corrected chi connectivity index (χ1v) is 7.14. The highest BCUT2D eigenvalue weighted by Gasteiger charge is 2.18. The maximum absolute atomic E-state index is 12.4. The lowest BCUT2D eigenvalue weighted by atomic mass is 10.0. The van der Waals surface area contributed by atoms with Gasteiger partial charge in [-0.3, -0.25) is 4.79 Å². The van der Waals surface area contributed by atoms with Crippen molar-refractivity contribution in [2.24, 2.45) is 0 Å². The molecule has 1 N–H and O–H groups in total. The van der Waals surface area contributed by atoms with Gasteiger partial charge >= 0.3 is 5.97 Å². The van der Waals surface area contributed by atoms with Gasteiger partial charge in [0.05, 0.1) is 5.92 Å². The number of hydrogen-bond donors (Lipinski definition) is 1. The normalized spacial score (nSPS) is 12.0. The fourth-order valence-corrected chi connectivity index (χ4v) is 2.42. The van der Waals surface area contributed by atoms with Crippen LogP contribution in [0.25, 0.3) is 10.8 Å². The van der Waals surface area contributed by atoms with Crippen LogP contribution in [0.3, 0.4) is 0 Å². The van der Waals surface area contributed by atoms with E-state index in [-0.39, 0.29) is 17.6 Å². The Balaban J connectivity index is 1.90. The zero-order valence-electron chi connectivity index (χ0n) is 12.2. The quantitative estimate of drug-likeness (QED) is 0.579. The number of rotatable bonds is 3. The lowest BCUT2D eigenvalue weighted by Gasteiger charge is -2.13. The third-order valence-electron chi connectivity index (χ3n) is 3.72. The second-order valence-corrected chi connectivity index (χ2v) is 5.18. The molecular formula is C19H16O3. The molecule has 0 bridgehead atoms. The zero-order chi connectivity index (χ0) is 15.5. The highest BCUT2D eigenvalue weighted by molar-refractivity contribution is 5.95. The first kappa shape index (κ1) is 14.1.